The molecular formula is C16H17Cl2NO. The molecule has 0 heterocycles. The van der Waals surface area contributed by atoms with Crippen LogP contribution < -0.4 is 5.32 Å². The Labute approximate surface area is 129 Å². The van der Waals surface area contributed by atoms with Crippen molar-refractivity contribution < 1.29 is 4.74 Å². The number of benzene rings is 2. The van der Waals surface area contributed by atoms with Gasteiger partial charge in [-0.15, -0.1) is 0 Å². The molecule has 20 heavy (non-hydrogen) atoms. The first-order chi connectivity index (χ1) is 9.69. The Morgan fingerprint density at radius 3 is 2.45 bits per heavy atom. The van der Waals surface area contributed by atoms with Crippen LogP contribution >= 0.6 is 23.2 Å². The summed E-state index contributed by atoms with van der Waals surface area (Å²) in [6.07, 6.45) is -0.0330. The van der Waals surface area contributed by atoms with E-state index in [1.807, 2.05) is 55.6 Å². The summed E-state index contributed by atoms with van der Waals surface area (Å²) >= 11 is 11.9. The maximum Gasteiger partial charge on any atom is 0.0954 e. The first-order valence-corrected chi connectivity index (χ1v) is 7.21. The van der Waals surface area contributed by atoms with E-state index in [4.69, 9.17) is 27.9 Å². The maximum atomic E-state index is 6.03. The third kappa shape index (κ3) is 4.50. The number of halogens is 2. The molecule has 2 nitrogen and oxygen atoms in total. The van der Waals surface area contributed by atoms with Crippen LogP contribution in [0.15, 0.2) is 48.5 Å². The van der Waals surface area contributed by atoms with Crippen LogP contribution in [0.25, 0.3) is 0 Å². The van der Waals surface area contributed by atoms with E-state index in [9.17, 15) is 0 Å². The van der Waals surface area contributed by atoms with Gasteiger partial charge in [-0.2, -0.15) is 0 Å². The minimum atomic E-state index is -0.0330. The van der Waals surface area contributed by atoms with Gasteiger partial charge < -0.3 is 10.1 Å². The summed E-state index contributed by atoms with van der Waals surface area (Å²) in [6.45, 7) is 1.27. The third-order valence-electron chi connectivity index (χ3n) is 2.97. The van der Waals surface area contributed by atoms with Crippen LogP contribution in [0.5, 0.6) is 0 Å². The standard InChI is InChI=1S/C16H17Cl2NO/c1-19-10-16(13-3-2-4-15(18)9-13)20-11-12-5-7-14(17)8-6-12/h2-9,16,19H,10-11H2,1H3. The molecule has 0 radical (unpaired) electrons. The molecule has 0 saturated heterocycles. The highest BCUT2D eigenvalue weighted by Crippen LogP contribution is 2.22. The van der Waals surface area contributed by atoms with Gasteiger partial charge in [0.15, 0.2) is 0 Å². The molecule has 0 amide bonds. The van der Waals surface area contributed by atoms with Gasteiger partial charge in [-0.25, -0.2) is 0 Å². The minimum Gasteiger partial charge on any atom is -0.368 e. The van der Waals surface area contributed by atoms with Gasteiger partial charge in [0.25, 0.3) is 0 Å². The fourth-order valence-electron chi connectivity index (χ4n) is 1.94. The first kappa shape index (κ1) is 15.3. The van der Waals surface area contributed by atoms with E-state index in [1.54, 1.807) is 0 Å². The largest absolute Gasteiger partial charge is 0.368 e. The molecule has 0 fully saturated rings. The molecule has 1 N–H and O–H groups in total. The highest BCUT2D eigenvalue weighted by Gasteiger charge is 2.11. The van der Waals surface area contributed by atoms with E-state index in [0.29, 0.717) is 6.61 Å². The summed E-state index contributed by atoms with van der Waals surface area (Å²) in [5.41, 5.74) is 2.17. The van der Waals surface area contributed by atoms with Crippen LogP contribution in [0.1, 0.15) is 17.2 Å². The normalized spacial score (nSPS) is 12.3. The Bertz CT molecular complexity index is 542. The van der Waals surface area contributed by atoms with E-state index in [2.05, 4.69) is 5.32 Å². The zero-order valence-electron chi connectivity index (χ0n) is 11.3. The van der Waals surface area contributed by atoms with Crippen LogP contribution in [0.3, 0.4) is 0 Å². The molecule has 0 saturated carbocycles. The Morgan fingerprint density at radius 2 is 1.80 bits per heavy atom. The second kappa shape index (κ2) is 7.65. The first-order valence-electron chi connectivity index (χ1n) is 6.45. The predicted molar refractivity (Wildman–Crippen MR) is 84.4 cm³/mol. The minimum absolute atomic E-state index is 0.0330. The number of rotatable bonds is 6. The topological polar surface area (TPSA) is 21.3 Å². The molecule has 0 aromatic heterocycles. The van der Waals surface area contributed by atoms with Gasteiger partial charge in [-0.3, -0.25) is 0 Å². The molecular weight excluding hydrogens is 293 g/mol. The summed E-state index contributed by atoms with van der Waals surface area (Å²) in [5, 5.41) is 4.59. The number of ether oxygens (including phenoxy) is 1. The maximum absolute atomic E-state index is 6.03. The van der Waals surface area contributed by atoms with Crippen molar-refractivity contribution in [3.05, 3.63) is 69.7 Å². The van der Waals surface area contributed by atoms with Crippen molar-refractivity contribution in [3.8, 4) is 0 Å². The summed E-state index contributed by atoms with van der Waals surface area (Å²) in [4.78, 5) is 0. The lowest BCUT2D eigenvalue weighted by Gasteiger charge is -2.18. The molecule has 2 rings (SSSR count). The average Bonchev–Trinajstić information content (AvgIpc) is 2.45. The molecule has 2 aromatic carbocycles. The zero-order valence-corrected chi connectivity index (χ0v) is 12.8. The Morgan fingerprint density at radius 1 is 1.05 bits per heavy atom. The van der Waals surface area contributed by atoms with Crippen molar-refractivity contribution in [2.75, 3.05) is 13.6 Å². The van der Waals surface area contributed by atoms with Crippen LogP contribution in [0, 0.1) is 0 Å². The number of hydrogen-bond donors (Lipinski definition) is 1. The Balaban J connectivity index is 2.04. The summed E-state index contributed by atoms with van der Waals surface area (Å²) < 4.78 is 5.99. The number of hydrogen-bond acceptors (Lipinski definition) is 2. The van der Waals surface area contributed by atoms with Crippen LogP contribution in [-0.2, 0) is 11.3 Å². The lowest BCUT2D eigenvalue weighted by atomic mass is 10.1. The Kier molecular flexibility index (Phi) is 5.86. The van der Waals surface area contributed by atoms with E-state index in [0.717, 1.165) is 27.7 Å². The average molecular weight is 310 g/mol. The van der Waals surface area contributed by atoms with Crippen LogP contribution in [-0.4, -0.2) is 13.6 Å². The second-order valence-corrected chi connectivity index (χ2v) is 5.41. The van der Waals surface area contributed by atoms with Gasteiger partial charge in [0.05, 0.1) is 12.7 Å². The van der Waals surface area contributed by atoms with Crippen molar-refractivity contribution in [1.82, 2.24) is 5.32 Å². The molecule has 4 heteroatoms. The number of nitrogens with one attached hydrogen (secondary N) is 1. The lowest BCUT2D eigenvalue weighted by molar-refractivity contribution is 0.0411. The summed E-state index contributed by atoms with van der Waals surface area (Å²) in [6, 6.07) is 15.4. The van der Waals surface area contributed by atoms with E-state index >= 15 is 0 Å². The highest BCUT2D eigenvalue weighted by molar-refractivity contribution is 6.30. The molecule has 0 aliphatic carbocycles. The van der Waals surface area contributed by atoms with Gasteiger partial charge in [-0.1, -0.05) is 47.5 Å². The van der Waals surface area contributed by atoms with Crippen LogP contribution in [0.2, 0.25) is 10.0 Å². The van der Waals surface area contributed by atoms with Gasteiger partial charge in [0.2, 0.25) is 0 Å². The fourth-order valence-corrected chi connectivity index (χ4v) is 2.27. The number of likely N-dealkylation sites (N-methyl/N-ethyl adjacent to an activating group) is 1. The van der Waals surface area contributed by atoms with Crippen LogP contribution in [0.4, 0.5) is 0 Å². The third-order valence-corrected chi connectivity index (χ3v) is 3.46. The second-order valence-electron chi connectivity index (χ2n) is 4.54. The quantitative estimate of drug-likeness (QED) is 0.850. The van der Waals surface area contributed by atoms with Gasteiger partial charge in [-0.05, 0) is 42.4 Å². The molecule has 106 valence electrons. The smallest absolute Gasteiger partial charge is 0.0954 e. The van der Waals surface area contributed by atoms with Gasteiger partial charge in [0, 0.05) is 16.6 Å². The predicted octanol–water partition coefficient (Wildman–Crippen LogP) is 4.47. The van der Waals surface area contributed by atoms with E-state index in [-0.39, 0.29) is 6.10 Å². The molecule has 0 aliphatic rings. The van der Waals surface area contributed by atoms with Crippen molar-refractivity contribution in [2.45, 2.75) is 12.7 Å². The lowest BCUT2D eigenvalue weighted by Crippen LogP contribution is -2.19. The van der Waals surface area contributed by atoms with Crippen molar-refractivity contribution in [2.24, 2.45) is 0 Å². The van der Waals surface area contributed by atoms with Gasteiger partial charge >= 0.3 is 0 Å². The monoisotopic (exact) mass is 309 g/mol. The SMILES string of the molecule is CNCC(OCc1ccc(Cl)cc1)c1cccc(Cl)c1. The molecule has 1 unspecified atom stereocenters. The van der Waals surface area contributed by atoms with Gasteiger partial charge in [0.1, 0.15) is 0 Å². The molecule has 2 aromatic rings. The Hall–Kier alpha value is -1.06. The van der Waals surface area contributed by atoms with E-state index < -0.39 is 0 Å². The van der Waals surface area contributed by atoms with Crippen molar-refractivity contribution >= 4 is 23.2 Å². The van der Waals surface area contributed by atoms with Crippen molar-refractivity contribution in [3.63, 3.8) is 0 Å². The van der Waals surface area contributed by atoms with Crippen molar-refractivity contribution in [1.29, 1.82) is 0 Å². The summed E-state index contributed by atoms with van der Waals surface area (Å²) in [5.74, 6) is 0. The molecule has 0 spiro atoms. The molecule has 0 aliphatic heterocycles. The van der Waals surface area contributed by atoms with E-state index in [1.165, 1.54) is 0 Å². The fraction of sp³-hybridized carbons (Fsp3) is 0.250. The molecule has 0 bridgehead atoms. The zero-order chi connectivity index (χ0) is 14.4. The summed E-state index contributed by atoms with van der Waals surface area (Å²) in [7, 11) is 1.91. The highest BCUT2D eigenvalue weighted by atomic mass is 35.5. The molecule has 1 atom stereocenters.